The fourth-order valence-electron chi connectivity index (χ4n) is 2.70. The van der Waals surface area contributed by atoms with E-state index < -0.39 is 0 Å². The van der Waals surface area contributed by atoms with Gasteiger partial charge in [-0.05, 0) is 31.8 Å². The van der Waals surface area contributed by atoms with Crippen LogP contribution in [0.2, 0.25) is 0 Å². The van der Waals surface area contributed by atoms with E-state index >= 15 is 0 Å². The van der Waals surface area contributed by atoms with Crippen LogP contribution in [0.1, 0.15) is 24.5 Å². The van der Waals surface area contributed by atoms with Gasteiger partial charge in [0.05, 0.1) is 17.4 Å². The first-order chi connectivity index (χ1) is 6.84. The van der Waals surface area contributed by atoms with E-state index in [2.05, 4.69) is 26.3 Å². The maximum Gasteiger partial charge on any atom is 0.131 e. The van der Waals surface area contributed by atoms with Gasteiger partial charge in [0.1, 0.15) is 5.03 Å². The first-order valence-corrected chi connectivity index (χ1v) is 6.26. The van der Waals surface area contributed by atoms with Gasteiger partial charge >= 0.3 is 0 Å². The van der Waals surface area contributed by atoms with Crippen molar-refractivity contribution < 1.29 is 0 Å². The lowest BCUT2D eigenvalue weighted by atomic mass is 9.78. The molecule has 0 unspecified atom stereocenters. The Hall–Kier alpha value is -0.130. The number of fused-ring (bicyclic) bond motifs is 3. The second-order valence-corrected chi connectivity index (χ2v) is 5.17. The van der Waals surface area contributed by atoms with Crippen LogP contribution in [-0.2, 0) is 0 Å². The van der Waals surface area contributed by atoms with Crippen LogP contribution in [-0.4, -0.2) is 33.3 Å². The molecule has 3 nitrogen and oxygen atoms in total. The van der Waals surface area contributed by atoms with Crippen molar-refractivity contribution in [3.8, 4) is 0 Å². The molecule has 3 aliphatic rings. The maximum absolute atomic E-state index is 4.39. The molecule has 4 heterocycles. The highest BCUT2D eigenvalue weighted by Gasteiger charge is 2.37. The minimum atomic E-state index is 0.601. The van der Waals surface area contributed by atoms with Gasteiger partial charge in [-0.25, -0.2) is 0 Å². The van der Waals surface area contributed by atoms with Crippen LogP contribution in [0.3, 0.4) is 0 Å². The molecule has 0 radical (unpaired) electrons. The Bertz CT molecular complexity index is 331. The molecular formula is C9H13N3S2. The third-order valence-corrected chi connectivity index (χ3v) is 4.51. The van der Waals surface area contributed by atoms with Gasteiger partial charge in [0.25, 0.3) is 0 Å². The van der Waals surface area contributed by atoms with E-state index in [1.54, 1.807) is 0 Å². The van der Waals surface area contributed by atoms with Gasteiger partial charge in [-0.1, -0.05) is 0 Å². The molecule has 3 saturated heterocycles. The second kappa shape index (κ2) is 3.47. The molecule has 0 N–H and O–H groups in total. The summed E-state index contributed by atoms with van der Waals surface area (Å²) in [7, 11) is 0. The van der Waals surface area contributed by atoms with Gasteiger partial charge < -0.3 is 4.90 Å². The maximum atomic E-state index is 4.39. The molecule has 0 spiro atoms. The largest absolute Gasteiger partial charge is 0.303 e. The summed E-state index contributed by atoms with van der Waals surface area (Å²) in [5.74, 6) is 1.43. The van der Waals surface area contributed by atoms with E-state index in [1.165, 1.54) is 44.2 Å². The van der Waals surface area contributed by atoms with Gasteiger partial charge in [0.2, 0.25) is 0 Å². The summed E-state index contributed by atoms with van der Waals surface area (Å²) in [5.41, 5.74) is 1.15. The molecule has 0 aromatic carbocycles. The van der Waals surface area contributed by atoms with Gasteiger partial charge in [-0.15, -0.1) is 12.6 Å². The quantitative estimate of drug-likeness (QED) is 0.739. The van der Waals surface area contributed by atoms with Crippen molar-refractivity contribution in [3.05, 3.63) is 5.69 Å². The summed E-state index contributed by atoms with van der Waals surface area (Å²) in [5, 5.41) is 0.855. The molecule has 1 aromatic heterocycles. The molecule has 4 rings (SSSR count). The molecule has 3 aliphatic heterocycles. The molecule has 0 amide bonds. The third-order valence-electron chi connectivity index (χ3n) is 3.50. The molecule has 1 atom stereocenters. The van der Waals surface area contributed by atoms with Gasteiger partial charge in [-0.3, -0.25) is 0 Å². The van der Waals surface area contributed by atoms with Crippen LogP contribution in [0.4, 0.5) is 0 Å². The Morgan fingerprint density at radius 2 is 2.07 bits per heavy atom. The van der Waals surface area contributed by atoms with Crippen molar-refractivity contribution >= 4 is 24.4 Å². The Balaban J connectivity index is 1.89. The zero-order valence-corrected chi connectivity index (χ0v) is 9.60. The Morgan fingerprint density at radius 3 is 2.57 bits per heavy atom. The normalized spacial score (nSPS) is 36.2. The lowest BCUT2D eigenvalue weighted by Gasteiger charge is -2.44. The monoisotopic (exact) mass is 227 g/mol. The van der Waals surface area contributed by atoms with Crippen molar-refractivity contribution in [3.63, 3.8) is 0 Å². The molecule has 14 heavy (non-hydrogen) atoms. The predicted octanol–water partition coefficient (Wildman–Crippen LogP) is 1.64. The zero-order valence-electron chi connectivity index (χ0n) is 7.89. The zero-order chi connectivity index (χ0) is 9.54. The minimum Gasteiger partial charge on any atom is -0.303 e. The standard InChI is InChI=1S/C9H13N3S2/c13-9-8(10-14-11-9)7-5-12-3-1-6(7)2-4-12/h6-7H,1-5H2,(H,11,13)/t7-/m1/s1. The van der Waals surface area contributed by atoms with Crippen molar-refractivity contribution in [2.45, 2.75) is 23.8 Å². The number of hydrogen-bond donors (Lipinski definition) is 1. The summed E-state index contributed by atoms with van der Waals surface area (Å²) in [6.45, 7) is 3.73. The summed E-state index contributed by atoms with van der Waals surface area (Å²) in [6.07, 6.45) is 2.66. The van der Waals surface area contributed by atoms with E-state index in [0.29, 0.717) is 5.92 Å². The van der Waals surface area contributed by atoms with Crippen LogP contribution in [0.15, 0.2) is 5.03 Å². The predicted molar refractivity (Wildman–Crippen MR) is 59.1 cm³/mol. The molecule has 5 heteroatoms. The summed E-state index contributed by atoms with van der Waals surface area (Å²) < 4.78 is 8.54. The van der Waals surface area contributed by atoms with Gasteiger partial charge in [-0.2, -0.15) is 8.75 Å². The average Bonchev–Trinajstić information content (AvgIpc) is 2.66. The first-order valence-electron chi connectivity index (χ1n) is 5.08. The lowest BCUT2D eigenvalue weighted by molar-refractivity contribution is 0.0846. The summed E-state index contributed by atoms with van der Waals surface area (Å²) >= 11 is 5.66. The van der Waals surface area contributed by atoms with Gasteiger partial charge in [0, 0.05) is 12.5 Å². The Morgan fingerprint density at radius 1 is 1.29 bits per heavy atom. The van der Waals surface area contributed by atoms with Crippen LogP contribution in [0.25, 0.3) is 0 Å². The number of nitrogens with zero attached hydrogens (tertiary/aromatic N) is 3. The van der Waals surface area contributed by atoms with E-state index in [-0.39, 0.29) is 0 Å². The Labute approximate surface area is 93.3 Å². The van der Waals surface area contributed by atoms with Crippen molar-refractivity contribution in [2.75, 3.05) is 19.6 Å². The minimum absolute atomic E-state index is 0.601. The first kappa shape index (κ1) is 9.12. The van der Waals surface area contributed by atoms with Gasteiger partial charge in [0.15, 0.2) is 0 Å². The highest BCUT2D eigenvalue weighted by Crippen LogP contribution is 2.39. The smallest absolute Gasteiger partial charge is 0.131 e. The van der Waals surface area contributed by atoms with Crippen LogP contribution < -0.4 is 0 Å². The number of rotatable bonds is 1. The van der Waals surface area contributed by atoms with E-state index in [4.69, 9.17) is 0 Å². The number of aromatic nitrogens is 2. The molecule has 1 aromatic rings. The molecule has 0 aliphatic carbocycles. The topological polar surface area (TPSA) is 29.0 Å². The number of thiol groups is 1. The fraction of sp³-hybridized carbons (Fsp3) is 0.778. The summed E-state index contributed by atoms with van der Waals surface area (Å²) in [6, 6.07) is 0. The van der Waals surface area contributed by atoms with Crippen molar-refractivity contribution in [2.24, 2.45) is 5.92 Å². The van der Waals surface area contributed by atoms with Crippen molar-refractivity contribution in [1.82, 2.24) is 13.6 Å². The fourth-order valence-corrected chi connectivity index (χ4v) is 3.61. The number of hydrogen-bond acceptors (Lipinski definition) is 5. The average molecular weight is 227 g/mol. The summed E-state index contributed by atoms with van der Waals surface area (Å²) in [4.78, 5) is 2.54. The number of piperidine rings is 3. The second-order valence-electron chi connectivity index (χ2n) is 4.22. The molecule has 76 valence electrons. The molecule has 3 fully saturated rings. The molecular weight excluding hydrogens is 214 g/mol. The molecule has 2 bridgehead atoms. The van der Waals surface area contributed by atoms with E-state index in [1.807, 2.05) is 0 Å². The lowest BCUT2D eigenvalue weighted by Crippen LogP contribution is -2.46. The SMILES string of the molecule is Sc1nsnc1[C@@H]1CN2CCC1CC2. The Kier molecular flexibility index (Phi) is 2.26. The highest BCUT2D eigenvalue weighted by molar-refractivity contribution is 7.80. The van der Waals surface area contributed by atoms with Crippen LogP contribution in [0, 0.1) is 5.92 Å². The van der Waals surface area contributed by atoms with Crippen molar-refractivity contribution in [1.29, 1.82) is 0 Å². The van der Waals surface area contributed by atoms with Crippen LogP contribution in [0.5, 0.6) is 0 Å². The third kappa shape index (κ3) is 1.38. The van der Waals surface area contributed by atoms with E-state index in [9.17, 15) is 0 Å². The highest BCUT2D eigenvalue weighted by atomic mass is 32.1. The molecule has 0 saturated carbocycles. The van der Waals surface area contributed by atoms with Crippen LogP contribution >= 0.6 is 24.4 Å². The van der Waals surface area contributed by atoms with E-state index in [0.717, 1.165) is 16.6 Å².